The van der Waals surface area contributed by atoms with E-state index >= 15 is 0 Å². The van der Waals surface area contributed by atoms with Crippen LogP contribution in [-0.2, 0) is 0 Å². The highest BCUT2D eigenvalue weighted by Crippen LogP contribution is 2.24. The first-order valence-electron chi connectivity index (χ1n) is 8.43. The summed E-state index contributed by atoms with van der Waals surface area (Å²) in [7, 11) is 0. The van der Waals surface area contributed by atoms with Crippen LogP contribution in [0.1, 0.15) is 33.6 Å². The molecule has 0 aliphatic rings. The van der Waals surface area contributed by atoms with E-state index in [1.54, 1.807) is 0 Å². The molecule has 3 aromatic rings. The Morgan fingerprint density at radius 3 is 2.32 bits per heavy atom. The summed E-state index contributed by atoms with van der Waals surface area (Å²) in [6.07, 6.45) is 1.98. The summed E-state index contributed by atoms with van der Waals surface area (Å²) < 4.78 is 3.59. The minimum absolute atomic E-state index is 1.03. The SMILES string of the molecule is Cc1ccc(N=Cc2cc(C)n(-c3ccc(I)c(C)c3)c2C)c(C)c1. The Morgan fingerprint density at radius 2 is 1.64 bits per heavy atom. The van der Waals surface area contributed by atoms with Crippen molar-refractivity contribution in [3.05, 3.63) is 79.7 Å². The maximum atomic E-state index is 4.72. The van der Waals surface area contributed by atoms with Gasteiger partial charge in [0.05, 0.1) is 5.69 Å². The first-order chi connectivity index (χ1) is 11.9. The lowest BCUT2D eigenvalue weighted by atomic mass is 10.1. The predicted octanol–water partition coefficient (Wildman–Crippen LogP) is 6.37. The fourth-order valence-electron chi connectivity index (χ4n) is 3.17. The Labute approximate surface area is 163 Å². The highest BCUT2D eigenvalue weighted by molar-refractivity contribution is 14.1. The molecule has 0 bridgehead atoms. The van der Waals surface area contributed by atoms with Crippen molar-refractivity contribution >= 4 is 34.5 Å². The highest BCUT2D eigenvalue weighted by Gasteiger charge is 2.10. The normalized spacial score (nSPS) is 11.4. The van der Waals surface area contributed by atoms with E-state index in [9.17, 15) is 0 Å². The number of aliphatic imine (C=N–C) groups is 1. The van der Waals surface area contributed by atoms with Gasteiger partial charge in [-0.1, -0.05) is 17.7 Å². The number of hydrogen-bond donors (Lipinski definition) is 0. The van der Waals surface area contributed by atoms with Gasteiger partial charge in [-0.15, -0.1) is 0 Å². The van der Waals surface area contributed by atoms with Crippen molar-refractivity contribution in [2.75, 3.05) is 0 Å². The summed E-state index contributed by atoms with van der Waals surface area (Å²) in [4.78, 5) is 4.72. The third kappa shape index (κ3) is 3.71. The summed E-state index contributed by atoms with van der Waals surface area (Å²) in [5, 5.41) is 0. The van der Waals surface area contributed by atoms with Crippen molar-refractivity contribution in [2.45, 2.75) is 34.6 Å². The first-order valence-corrected chi connectivity index (χ1v) is 9.51. The van der Waals surface area contributed by atoms with Crippen molar-refractivity contribution in [1.29, 1.82) is 0 Å². The molecule has 0 atom stereocenters. The molecule has 2 aromatic carbocycles. The van der Waals surface area contributed by atoms with Gasteiger partial charge >= 0.3 is 0 Å². The minimum atomic E-state index is 1.03. The number of benzene rings is 2. The number of nitrogens with zero attached hydrogens (tertiary/aromatic N) is 2. The van der Waals surface area contributed by atoms with Crippen molar-refractivity contribution in [3.63, 3.8) is 0 Å². The van der Waals surface area contributed by atoms with Crippen molar-refractivity contribution in [2.24, 2.45) is 4.99 Å². The molecule has 0 saturated carbocycles. The van der Waals surface area contributed by atoms with Crippen molar-refractivity contribution in [3.8, 4) is 5.69 Å². The van der Waals surface area contributed by atoms with Gasteiger partial charge in [0.15, 0.2) is 0 Å². The number of aryl methyl sites for hydroxylation is 4. The molecule has 3 heteroatoms. The Balaban J connectivity index is 1.99. The van der Waals surface area contributed by atoms with Crippen LogP contribution in [0.4, 0.5) is 5.69 Å². The fraction of sp³-hybridized carbons (Fsp3) is 0.227. The van der Waals surface area contributed by atoms with E-state index in [0.717, 1.165) is 11.3 Å². The summed E-state index contributed by atoms with van der Waals surface area (Å²) in [6.45, 7) is 10.7. The molecule has 1 heterocycles. The molecule has 1 aromatic heterocycles. The molecular formula is C22H23IN2. The molecule has 0 N–H and O–H groups in total. The zero-order chi connectivity index (χ0) is 18.1. The molecule has 0 fully saturated rings. The van der Waals surface area contributed by atoms with E-state index in [-0.39, 0.29) is 0 Å². The van der Waals surface area contributed by atoms with Gasteiger partial charge in [-0.25, -0.2) is 0 Å². The molecule has 25 heavy (non-hydrogen) atoms. The molecule has 0 aliphatic carbocycles. The topological polar surface area (TPSA) is 17.3 Å². The van der Waals surface area contributed by atoms with Crippen LogP contribution in [0.3, 0.4) is 0 Å². The van der Waals surface area contributed by atoms with Crippen LogP contribution in [0.5, 0.6) is 0 Å². The van der Waals surface area contributed by atoms with E-state index in [0.29, 0.717) is 0 Å². The monoisotopic (exact) mass is 442 g/mol. The fourth-order valence-corrected chi connectivity index (χ4v) is 3.51. The van der Waals surface area contributed by atoms with Crippen LogP contribution >= 0.6 is 22.6 Å². The van der Waals surface area contributed by atoms with Crippen LogP contribution in [-0.4, -0.2) is 10.8 Å². The summed E-state index contributed by atoms with van der Waals surface area (Å²) in [5.74, 6) is 0. The number of rotatable bonds is 3. The Morgan fingerprint density at radius 1 is 0.880 bits per heavy atom. The second-order valence-corrected chi connectivity index (χ2v) is 7.81. The third-order valence-electron chi connectivity index (χ3n) is 4.57. The third-order valence-corrected chi connectivity index (χ3v) is 5.78. The predicted molar refractivity (Wildman–Crippen MR) is 116 cm³/mol. The quantitative estimate of drug-likeness (QED) is 0.331. The van der Waals surface area contributed by atoms with Crippen LogP contribution < -0.4 is 0 Å². The molecule has 128 valence electrons. The van der Waals surface area contributed by atoms with Gasteiger partial charge in [0.25, 0.3) is 0 Å². The molecular weight excluding hydrogens is 419 g/mol. The molecule has 0 radical (unpaired) electrons. The molecule has 0 aliphatic heterocycles. The Kier molecular flexibility index (Phi) is 5.13. The highest BCUT2D eigenvalue weighted by atomic mass is 127. The lowest BCUT2D eigenvalue weighted by Gasteiger charge is -2.11. The summed E-state index contributed by atoms with van der Waals surface area (Å²) >= 11 is 2.38. The summed E-state index contributed by atoms with van der Waals surface area (Å²) in [6, 6.07) is 15.2. The van der Waals surface area contributed by atoms with Crippen LogP contribution in [0.2, 0.25) is 0 Å². The van der Waals surface area contributed by atoms with Gasteiger partial charge < -0.3 is 4.57 Å². The zero-order valence-electron chi connectivity index (χ0n) is 15.4. The molecule has 0 amide bonds. The van der Waals surface area contributed by atoms with Gasteiger partial charge in [0, 0.05) is 32.4 Å². The van der Waals surface area contributed by atoms with E-state index < -0.39 is 0 Å². The average Bonchev–Trinajstić information content (AvgIpc) is 2.83. The van der Waals surface area contributed by atoms with Gasteiger partial charge in [0.1, 0.15) is 0 Å². The molecule has 2 nitrogen and oxygen atoms in total. The largest absolute Gasteiger partial charge is 0.318 e. The van der Waals surface area contributed by atoms with E-state index in [1.807, 2.05) is 6.21 Å². The molecule has 0 spiro atoms. The lowest BCUT2D eigenvalue weighted by Crippen LogP contribution is -2.00. The maximum absolute atomic E-state index is 4.72. The van der Waals surface area contributed by atoms with E-state index in [1.165, 1.54) is 37.3 Å². The average molecular weight is 442 g/mol. The zero-order valence-corrected chi connectivity index (χ0v) is 17.5. The van der Waals surface area contributed by atoms with Gasteiger partial charge in [-0.2, -0.15) is 0 Å². The van der Waals surface area contributed by atoms with E-state index in [2.05, 4.69) is 104 Å². The number of halogens is 1. The van der Waals surface area contributed by atoms with Crippen molar-refractivity contribution in [1.82, 2.24) is 4.57 Å². The van der Waals surface area contributed by atoms with Crippen LogP contribution in [0.15, 0.2) is 47.5 Å². The first kappa shape index (κ1) is 17.9. The Hall–Kier alpha value is -1.88. The lowest BCUT2D eigenvalue weighted by molar-refractivity contribution is 0.962. The second-order valence-electron chi connectivity index (χ2n) is 6.64. The van der Waals surface area contributed by atoms with Crippen molar-refractivity contribution < 1.29 is 0 Å². The van der Waals surface area contributed by atoms with Gasteiger partial charge in [-0.3, -0.25) is 4.99 Å². The minimum Gasteiger partial charge on any atom is -0.318 e. The van der Waals surface area contributed by atoms with E-state index in [4.69, 9.17) is 4.99 Å². The Bertz CT molecular complexity index is 964. The van der Waals surface area contributed by atoms with Crippen LogP contribution in [0.25, 0.3) is 5.69 Å². The second kappa shape index (κ2) is 7.16. The standard InChI is InChI=1S/C22H23IN2/c1-14-6-9-22(16(3)10-14)24-13-19-12-17(4)25(18(19)5)20-7-8-21(23)15(2)11-20/h6-13H,1-5H3. The molecule has 3 rings (SSSR count). The molecule has 0 unspecified atom stereocenters. The number of hydrogen-bond acceptors (Lipinski definition) is 1. The van der Waals surface area contributed by atoms with Gasteiger partial charge in [0.2, 0.25) is 0 Å². The molecule has 0 saturated heterocycles. The maximum Gasteiger partial charge on any atom is 0.0659 e. The smallest absolute Gasteiger partial charge is 0.0659 e. The van der Waals surface area contributed by atoms with Gasteiger partial charge in [-0.05, 0) is 98.7 Å². The van der Waals surface area contributed by atoms with Crippen LogP contribution in [0, 0.1) is 38.2 Å². The number of aromatic nitrogens is 1. The summed E-state index contributed by atoms with van der Waals surface area (Å²) in [5.41, 5.74) is 9.61.